The first-order chi connectivity index (χ1) is 9.29. The van der Waals surface area contributed by atoms with E-state index in [2.05, 4.69) is 0 Å². The van der Waals surface area contributed by atoms with E-state index in [1.54, 1.807) is 0 Å². The predicted molar refractivity (Wildman–Crippen MR) is 65.2 cm³/mol. The Bertz CT molecular complexity index is 763. The fourth-order valence-corrected chi connectivity index (χ4v) is 2.61. The summed E-state index contributed by atoms with van der Waals surface area (Å²) in [4.78, 5) is -0.817. The lowest BCUT2D eigenvalue weighted by Gasteiger charge is -2.10. The van der Waals surface area contributed by atoms with E-state index < -0.39 is 43.8 Å². The zero-order valence-corrected chi connectivity index (χ0v) is 10.6. The molecule has 0 atom stereocenters. The van der Waals surface area contributed by atoms with E-state index in [9.17, 15) is 26.7 Å². The third kappa shape index (κ3) is 2.85. The van der Waals surface area contributed by atoms with Gasteiger partial charge < -0.3 is 5.11 Å². The van der Waals surface area contributed by atoms with Crippen LogP contribution in [0, 0.1) is 17.5 Å². The van der Waals surface area contributed by atoms with Gasteiger partial charge in [-0.15, -0.1) is 0 Å². The van der Waals surface area contributed by atoms with E-state index in [1.165, 1.54) is 0 Å². The zero-order valence-electron chi connectivity index (χ0n) is 9.77. The average molecular weight is 303 g/mol. The highest BCUT2D eigenvalue weighted by atomic mass is 32.2. The molecule has 8 heteroatoms. The van der Waals surface area contributed by atoms with Crippen LogP contribution in [-0.2, 0) is 10.0 Å². The summed E-state index contributed by atoms with van der Waals surface area (Å²) in [5.74, 6) is -3.55. The lowest BCUT2D eigenvalue weighted by Crippen LogP contribution is -2.15. The van der Waals surface area contributed by atoms with Gasteiger partial charge in [-0.3, -0.25) is 4.72 Å². The number of anilines is 1. The van der Waals surface area contributed by atoms with Gasteiger partial charge in [0, 0.05) is 12.1 Å². The molecule has 0 saturated heterocycles. The molecular formula is C12H8F3NO3S. The Morgan fingerprint density at radius 2 is 1.55 bits per heavy atom. The van der Waals surface area contributed by atoms with Crippen LogP contribution in [0.25, 0.3) is 0 Å². The normalized spacial score (nSPS) is 11.3. The maximum atomic E-state index is 13.4. The van der Waals surface area contributed by atoms with Crippen molar-refractivity contribution in [3.8, 4) is 5.75 Å². The standard InChI is InChI=1S/C12H8F3NO3S/c13-7-2-4-12(9(15)5-7)20(18,19)16-10-6-8(14)1-3-11(10)17/h1-6,16-17H. The number of benzene rings is 2. The van der Waals surface area contributed by atoms with Crippen molar-refractivity contribution in [2.75, 3.05) is 4.72 Å². The molecule has 0 unspecified atom stereocenters. The Balaban J connectivity index is 2.43. The summed E-state index contributed by atoms with van der Waals surface area (Å²) in [7, 11) is -4.42. The number of phenolic OH excluding ortho intramolecular Hbond substituents is 1. The van der Waals surface area contributed by atoms with Crippen LogP contribution >= 0.6 is 0 Å². The Morgan fingerprint density at radius 3 is 2.20 bits per heavy atom. The highest BCUT2D eigenvalue weighted by Crippen LogP contribution is 2.27. The molecule has 2 aromatic carbocycles. The molecule has 0 amide bonds. The molecule has 0 aromatic heterocycles. The monoisotopic (exact) mass is 303 g/mol. The molecule has 0 saturated carbocycles. The van der Waals surface area contributed by atoms with Crippen LogP contribution in [0.2, 0.25) is 0 Å². The topological polar surface area (TPSA) is 66.4 Å². The maximum absolute atomic E-state index is 13.4. The number of phenols is 1. The number of nitrogens with one attached hydrogen (secondary N) is 1. The summed E-state index contributed by atoms with van der Waals surface area (Å²) in [6, 6.07) is 4.49. The van der Waals surface area contributed by atoms with Gasteiger partial charge in [0.1, 0.15) is 28.1 Å². The second-order valence-corrected chi connectivity index (χ2v) is 5.49. The molecule has 4 nitrogen and oxygen atoms in total. The summed E-state index contributed by atoms with van der Waals surface area (Å²) in [6.45, 7) is 0. The Labute approximate surface area is 112 Å². The molecule has 0 heterocycles. The highest BCUT2D eigenvalue weighted by molar-refractivity contribution is 7.92. The molecule has 106 valence electrons. The van der Waals surface area contributed by atoms with Gasteiger partial charge in [-0.05, 0) is 24.3 Å². The molecule has 20 heavy (non-hydrogen) atoms. The summed E-state index contributed by atoms with van der Waals surface area (Å²) in [5.41, 5.74) is -0.450. The Kier molecular flexibility index (Phi) is 3.58. The molecule has 0 radical (unpaired) electrons. The first-order valence-corrected chi connectivity index (χ1v) is 6.74. The fraction of sp³-hybridized carbons (Fsp3) is 0. The Morgan fingerprint density at radius 1 is 0.950 bits per heavy atom. The lowest BCUT2D eigenvalue weighted by molar-refractivity contribution is 0.475. The van der Waals surface area contributed by atoms with Gasteiger partial charge >= 0.3 is 0 Å². The lowest BCUT2D eigenvalue weighted by atomic mass is 10.3. The number of hydrogen-bond acceptors (Lipinski definition) is 3. The van der Waals surface area contributed by atoms with Gasteiger partial charge in [-0.1, -0.05) is 0 Å². The average Bonchev–Trinajstić information content (AvgIpc) is 2.33. The molecular weight excluding hydrogens is 295 g/mol. The second-order valence-electron chi connectivity index (χ2n) is 3.84. The first-order valence-electron chi connectivity index (χ1n) is 5.26. The number of hydrogen-bond donors (Lipinski definition) is 2. The fourth-order valence-electron chi connectivity index (χ4n) is 1.48. The summed E-state index contributed by atoms with van der Waals surface area (Å²) < 4.78 is 64.8. The van der Waals surface area contributed by atoms with Crippen LogP contribution in [0.15, 0.2) is 41.3 Å². The van der Waals surface area contributed by atoms with E-state index in [0.717, 1.165) is 30.3 Å². The molecule has 0 aliphatic rings. The molecule has 2 N–H and O–H groups in total. The molecule has 0 bridgehead atoms. The maximum Gasteiger partial charge on any atom is 0.264 e. The number of sulfonamides is 1. The van der Waals surface area contributed by atoms with Crippen LogP contribution in [0.5, 0.6) is 5.75 Å². The predicted octanol–water partition coefficient (Wildman–Crippen LogP) is 2.61. The molecule has 2 rings (SSSR count). The minimum Gasteiger partial charge on any atom is -0.506 e. The third-order valence-corrected chi connectivity index (χ3v) is 3.79. The van der Waals surface area contributed by atoms with E-state index in [-0.39, 0.29) is 0 Å². The largest absolute Gasteiger partial charge is 0.506 e. The van der Waals surface area contributed by atoms with E-state index in [0.29, 0.717) is 6.07 Å². The van der Waals surface area contributed by atoms with Crippen LogP contribution in [-0.4, -0.2) is 13.5 Å². The van der Waals surface area contributed by atoms with Gasteiger partial charge in [0.2, 0.25) is 0 Å². The molecule has 2 aromatic rings. The second kappa shape index (κ2) is 5.04. The van der Waals surface area contributed by atoms with Crippen molar-refractivity contribution in [1.29, 1.82) is 0 Å². The molecule has 0 spiro atoms. The van der Waals surface area contributed by atoms with Gasteiger partial charge in [0.15, 0.2) is 0 Å². The first kappa shape index (κ1) is 14.2. The zero-order chi connectivity index (χ0) is 14.9. The Hall–Kier alpha value is -2.22. The third-order valence-electron chi connectivity index (χ3n) is 2.39. The number of halogens is 3. The molecule has 0 aliphatic heterocycles. The quantitative estimate of drug-likeness (QED) is 0.857. The molecule has 0 aliphatic carbocycles. The minimum atomic E-state index is -4.42. The van der Waals surface area contributed by atoms with Crippen molar-refractivity contribution in [2.45, 2.75) is 4.90 Å². The molecule has 0 fully saturated rings. The van der Waals surface area contributed by atoms with Gasteiger partial charge in [-0.2, -0.15) is 0 Å². The smallest absolute Gasteiger partial charge is 0.264 e. The van der Waals surface area contributed by atoms with Gasteiger partial charge in [0.25, 0.3) is 10.0 Å². The number of aromatic hydroxyl groups is 1. The van der Waals surface area contributed by atoms with Crippen molar-refractivity contribution >= 4 is 15.7 Å². The van der Waals surface area contributed by atoms with Crippen molar-refractivity contribution in [2.24, 2.45) is 0 Å². The van der Waals surface area contributed by atoms with Gasteiger partial charge in [-0.25, -0.2) is 21.6 Å². The van der Waals surface area contributed by atoms with Crippen LogP contribution in [0.1, 0.15) is 0 Å². The van der Waals surface area contributed by atoms with Crippen LogP contribution in [0.3, 0.4) is 0 Å². The highest BCUT2D eigenvalue weighted by Gasteiger charge is 2.21. The van der Waals surface area contributed by atoms with Crippen molar-refractivity contribution in [1.82, 2.24) is 0 Å². The SMILES string of the molecule is O=S(=O)(Nc1cc(F)ccc1O)c1ccc(F)cc1F. The summed E-state index contributed by atoms with van der Waals surface area (Å²) in [6.07, 6.45) is 0. The van der Waals surface area contributed by atoms with Crippen LogP contribution in [0.4, 0.5) is 18.9 Å². The van der Waals surface area contributed by atoms with Crippen molar-refractivity contribution < 1.29 is 26.7 Å². The van der Waals surface area contributed by atoms with Crippen molar-refractivity contribution in [3.63, 3.8) is 0 Å². The van der Waals surface area contributed by atoms with E-state index >= 15 is 0 Å². The van der Waals surface area contributed by atoms with Crippen molar-refractivity contribution in [3.05, 3.63) is 53.8 Å². The van der Waals surface area contributed by atoms with Crippen LogP contribution < -0.4 is 4.72 Å². The van der Waals surface area contributed by atoms with E-state index in [1.807, 2.05) is 4.72 Å². The summed E-state index contributed by atoms with van der Waals surface area (Å²) >= 11 is 0. The minimum absolute atomic E-state index is 0.403. The van der Waals surface area contributed by atoms with E-state index in [4.69, 9.17) is 0 Å². The summed E-state index contributed by atoms with van der Waals surface area (Å²) in [5, 5.41) is 9.41. The number of rotatable bonds is 3. The van der Waals surface area contributed by atoms with Gasteiger partial charge in [0.05, 0.1) is 5.69 Å².